The van der Waals surface area contributed by atoms with Crippen LogP contribution in [0.3, 0.4) is 0 Å². The van der Waals surface area contributed by atoms with Gasteiger partial charge in [-0.3, -0.25) is 14.5 Å². The molecule has 2 aliphatic rings. The van der Waals surface area contributed by atoms with Crippen LogP contribution in [-0.2, 0) is 21.5 Å². The Balaban J connectivity index is 1.32. The van der Waals surface area contributed by atoms with Crippen molar-refractivity contribution in [1.29, 1.82) is 0 Å². The molecule has 4 rings (SSSR count). The Kier molecular flexibility index (Phi) is 6.38. The number of amides is 2. The van der Waals surface area contributed by atoms with Gasteiger partial charge in [0.25, 0.3) is 0 Å². The molecule has 1 aliphatic carbocycles. The Morgan fingerprint density at radius 2 is 1.69 bits per heavy atom. The summed E-state index contributed by atoms with van der Waals surface area (Å²) in [4.78, 5) is 27.9. The summed E-state index contributed by atoms with van der Waals surface area (Å²) in [5.74, 6) is 0.365. The van der Waals surface area contributed by atoms with Crippen molar-refractivity contribution in [3.8, 4) is 0 Å². The smallest absolute Gasteiger partial charge is 0.235 e. The van der Waals surface area contributed by atoms with E-state index >= 15 is 0 Å². The van der Waals surface area contributed by atoms with Crippen molar-refractivity contribution in [3.63, 3.8) is 0 Å². The van der Waals surface area contributed by atoms with Crippen molar-refractivity contribution in [1.82, 2.24) is 10.2 Å². The second kappa shape index (κ2) is 9.07. The highest BCUT2D eigenvalue weighted by Crippen LogP contribution is 2.48. The van der Waals surface area contributed by atoms with Crippen molar-refractivity contribution in [2.24, 2.45) is 5.92 Å². The number of nitrogens with one attached hydrogen (secondary N) is 2. The number of carbonyl (C=O) groups excluding carboxylic acids is 2. The number of rotatable bonds is 6. The molecule has 2 amide bonds. The molecular formula is C27H35N3O2. The zero-order chi connectivity index (χ0) is 22.8. The van der Waals surface area contributed by atoms with Gasteiger partial charge in [0.2, 0.25) is 11.8 Å². The summed E-state index contributed by atoms with van der Waals surface area (Å²) in [6.07, 6.45) is 3.58. The lowest BCUT2D eigenvalue weighted by atomic mass is 9.94. The fourth-order valence-electron chi connectivity index (χ4n) is 4.61. The minimum absolute atomic E-state index is 0.0894. The summed E-state index contributed by atoms with van der Waals surface area (Å²) in [7, 11) is 0. The van der Waals surface area contributed by atoms with Crippen LogP contribution in [0.4, 0.5) is 5.69 Å². The molecule has 2 aromatic rings. The number of anilines is 1. The van der Waals surface area contributed by atoms with Crippen molar-refractivity contribution in [3.05, 3.63) is 65.7 Å². The van der Waals surface area contributed by atoms with Crippen LogP contribution in [0.25, 0.3) is 0 Å². The number of hydrogen-bond acceptors (Lipinski definition) is 3. The molecule has 2 N–H and O–H groups in total. The second-order valence-electron chi connectivity index (χ2n) is 10.4. The molecule has 1 heterocycles. The standard InChI is InChI=1S/C27H35N3O2/c1-26(2,3)29-24(31)21-12-16-30(17-13-21)19-20-8-7-11-23(18-20)28-25(32)27(14-15-27)22-9-5-4-6-10-22/h4-11,18,21H,12-17,19H2,1-3H3,(H,28,32)(H,29,31). The van der Waals surface area contributed by atoms with Crippen LogP contribution in [0.15, 0.2) is 54.6 Å². The average Bonchev–Trinajstić information content (AvgIpc) is 3.56. The van der Waals surface area contributed by atoms with Crippen LogP contribution < -0.4 is 10.6 Å². The Morgan fingerprint density at radius 3 is 2.31 bits per heavy atom. The van der Waals surface area contributed by atoms with Gasteiger partial charge in [0, 0.05) is 23.7 Å². The van der Waals surface area contributed by atoms with E-state index < -0.39 is 0 Å². The molecule has 0 unspecified atom stereocenters. The maximum absolute atomic E-state index is 13.0. The second-order valence-corrected chi connectivity index (χ2v) is 10.4. The molecule has 5 heteroatoms. The maximum atomic E-state index is 13.0. The number of hydrogen-bond donors (Lipinski definition) is 2. The van der Waals surface area contributed by atoms with Gasteiger partial charge in [-0.25, -0.2) is 0 Å². The lowest BCUT2D eigenvalue weighted by Crippen LogP contribution is -2.46. The molecule has 170 valence electrons. The molecule has 5 nitrogen and oxygen atoms in total. The lowest BCUT2D eigenvalue weighted by Gasteiger charge is -2.33. The third-order valence-electron chi connectivity index (χ3n) is 6.56. The van der Waals surface area contributed by atoms with Gasteiger partial charge in [-0.15, -0.1) is 0 Å². The van der Waals surface area contributed by atoms with E-state index in [1.807, 2.05) is 63.2 Å². The Labute approximate surface area is 191 Å². The first-order valence-corrected chi connectivity index (χ1v) is 11.8. The van der Waals surface area contributed by atoms with E-state index in [0.29, 0.717) is 0 Å². The quantitative estimate of drug-likeness (QED) is 0.706. The maximum Gasteiger partial charge on any atom is 0.235 e. The highest BCUT2D eigenvalue weighted by Gasteiger charge is 2.51. The summed E-state index contributed by atoms with van der Waals surface area (Å²) < 4.78 is 0. The van der Waals surface area contributed by atoms with Crippen LogP contribution >= 0.6 is 0 Å². The molecule has 0 atom stereocenters. The fourth-order valence-corrected chi connectivity index (χ4v) is 4.61. The van der Waals surface area contributed by atoms with E-state index in [1.54, 1.807) is 0 Å². The molecule has 1 saturated carbocycles. The monoisotopic (exact) mass is 433 g/mol. The third-order valence-corrected chi connectivity index (χ3v) is 6.56. The van der Waals surface area contributed by atoms with E-state index in [0.717, 1.165) is 56.6 Å². The van der Waals surface area contributed by atoms with Crippen LogP contribution in [0.2, 0.25) is 0 Å². The number of carbonyl (C=O) groups is 2. The summed E-state index contributed by atoms with van der Waals surface area (Å²) >= 11 is 0. The van der Waals surface area contributed by atoms with Gasteiger partial charge >= 0.3 is 0 Å². The Hall–Kier alpha value is -2.66. The first kappa shape index (κ1) is 22.5. The van der Waals surface area contributed by atoms with Crippen LogP contribution in [0.1, 0.15) is 57.6 Å². The minimum Gasteiger partial charge on any atom is -0.351 e. The molecule has 2 aromatic carbocycles. The lowest BCUT2D eigenvalue weighted by molar-refractivity contribution is -0.128. The number of nitrogens with zero attached hydrogens (tertiary/aromatic N) is 1. The predicted octanol–water partition coefficient (Wildman–Crippen LogP) is 4.48. The minimum atomic E-state index is -0.368. The first-order chi connectivity index (χ1) is 15.2. The molecule has 0 aromatic heterocycles. The molecule has 0 bridgehead atoms. The predicted molar refractivity (Wildman–Crippen MR) is 128 cm³/mol. The van der Waals surface area contributed by atoms with Gasteiger partial charge in [0.05, 0.1) is 5.41 Å². The largest absolute Gasteiger partial charge is 0.351 e. The third kappa shape index (κ3) is 5.39. The van der Waals surface area contributed by atoms with Crippen molar-refractivity contribution in [2.45, 2.75) is 64.0 Å². The molecule has 32 heavy (non-hydrogen) atoms. The van der Waals surface area contributed by atoms with Crippen molar-refractivity contribution < 1.29 is 9.59 Å². The summed E-state index contributed by atoms with van der Waals surface area (Å²) in [6.45, 7) is 8.73. The van der Waals surface area contributed by atoms with E-state index in [9.17, 15) is 9.59 Å². The highest BCUT2D eigenvalue weighted by molar-refractivity contribution is 6.01. The number of likely N-dealkylation sites (tertiary alicyclic amines) is 1. The fraction of sp³-hybridized carbons (Fsp3) is 0.481. The summed E-state index contributed by atoms with van der Waals surface area (Å²) in [5.41, 5.74) is 2.59. The van der Waals surface area contributed by atoms with E-state index in [2.05, 4.69) is 27.7 Å². The average molecular weight is 434 g/mol. The first-order valence-electron chi connectivity index (χ1n) is 11.8. The van der Waals surface area contributed by atoms with E-state index in [1.165, 1.54) is 5.56 Å². The molecule has 0 radical (unpaired) electrons. The van der Waals surface area contributed by atoms with Gasteiger partial charge in [0.15, 0.2) is 0 Å². The Bertz CT molecular complexity index is 952. The van der Waals surface area contributed by atoms with Crippen molar-refractivity contribution >= 4 is 17.5 Å². The molecule has 1 saturated heterocycles. The topological polar surface area (TPSA) is 61.4 Å². The van der Waals surface area contributed by atoms with Crippen LogP contribution in [0, 0.1) is 5.92 Å². The zero-order valence-electron chi connectivity index (χ0n) is 19.5. The van der Waals surface area contributed by atoms with E-state index in [-0.39, 0.29) is 28.7 Å². The van der Waals surface area contributed by atoms with E-state index in [4.69, 9.17) is 0 Å². The molecule has 1 aliphatic heterocycles. The Morgan fingerprint density at radius 1 is 1.00 bits per heavy atom. The van der Waals surface area contributed by atoms with Crippen molar-refractivity contribution in [2.75, 3.05) is 18.4 Å². The number of piperidine rings is 1. The van der Waals surface area contributed by atoms with Gasteiger partial charge in [-0.05, 0) is 82.8 Å². The van der Waals surface area contributed by atoms with Gasteiger partial charge < -0.3 is 10.6 Å². The molecule has 0 spiro atoms. The summed E-state index contributed by atoms with van der Waals surface area (Å²) in [5, 5.41) is 6.26. The zero-order valence-corrected chi connectivity index (χ0v) is 19.5. The molecule has 2 fully saturated rings. The number of benzene rings is 2. The van der Waals surface area contributed by atoms with Crippen LogP contribution in [0.5, 0.6) is 0 Å². The highest BCUT2D eigenvalue weighted by atomic mass is 16.2. The van der Waals surface area contributed by atoms with Crippen LogP contribution in [-0.4, -0.2) is 35.3 Å². The van der Waals surface area contributed by atoms with Gasteiger partial charge in [-0.2, -0.15) is 0 Å². The SMILES string of the molecule is CC(C)(C)NC(=O)C1CCN(Cc2cccc(NC(=O)C3(c4ccccc4)CC3)c2)CC1. The van der Waals surface area contributed by atoms with Gasteiger partial charge in [0.1, 0.15) is 0 Å². The van der Waals surface area contributed by atoms with Gasteiger partial charge in [-0.1, -0.05) is 42.5 Å². The normalized spacial score (nSPS) is 18.7. The summed E-state index contributed by atoms with van der Waals surface area (Å²) in [6, 6.07) is 18.2. The molecular weight excluding hydrogens is 398 g/mol.